The summed E-state index contributed by atoms with van der Waals surface area (Å²) in [4.78, 5) is 11.4. The number of thioether (sulfide) groups is 1. The van der Waals surface area contributed by atoms with Gasteiger partial charge in [-0.3, -0.25) is 4.79 Å². The molecule has 0 amide bonds. The largest absolute Gasteiger partial charge is 0.469 e. The highest BCUT2D eigenvalue weighted by atomic mass is 32.2. The van der Waals surface area contributed by atoms with Gasteiger partial charge in [0, 0.05) is 5.75 Å². The molecule has 1 atom stereocenters. The van der Waals surface area contributed by atoms with Gasteiger partial charge in [-0.05, 0) is 40.5 Å². The third-order valence-electron chi connectivity index (χ3n) is 3.63. The molecule has 2 rings (SSSR count). The molecule has 0 radical (unpaired) electrons. The molecule has 0 saturated carbocycles. The Morgan fingerprint density at radius 1 is 1.26 bits per heavy atom. The molecule has 0 aliphatic rings. The number of rotatable bonds is 7. The van der Waals surface area contributed by atoms with E-state index in [4.69, 9.17) is 4.74 Å². The van der Waals surface area contributed by atoms with Crippen LogP contribution in [0.5, 0.6) is 0 Å². The summed E-state index contributed by atoms with van der Waals surface area (Å²) in [6.07, 6.45) is 0.719. The number of esters is 1. The third-order valence-corrected chi connectivity index (χ3v) is 4.58. The Morgan fingerprint density at radius 2 is 1.96 bits per heavy atom. The van der Waals surface area contributed by atoms with Gasteiger partial charge in [0.15, 0.2) is 0 Å². The lowest BCUT2D eigenvalue weighted by atomic mass is 10.0. The average Bonchev–Trinajstić information content (AvgIpc) is 3.02. The van der Waals surface area contributed by atoms with Crippen LogP contribution in [0.4, 0.5) is 0 Å². The van der Waals surface area contributed by atoms with Crippen molar-refractivity contribution in [2.75, 3.05) is 12.9 Å². The average molecular weight is 334 g/mol. The minimum Gasteiger partial charge on any atom is -0.469 e. The SMILES string of the molecule is COC(=O)C(C)CCSc1nnnn1-c1ccc(C(C)C)cc1. The molecule has 1 heterocycles. The van der Waals surface area contributed by atoms with Crippen LogP contribution in [-0.4, -0.2) is 39.0 Å². The molecule has 6 nitrogen and oxygen atoms in total. The lowest BCUT2D eigenvalue weighted by Crippen LogP contribution is -2.13. The summed E-state index contributed by atoms with van der Waals surface area (Å²) in [7, 11) is 1.41. The number of tetrazole rings is 1. The van der Waals surface area contributed by atoms with Gasteiger partial charge in [-0.2, -0.15) is 4.68 Å². The van der Waals surface area contributed by atoms with Crippen molar-refractivity contribution in [2.45, 2.75) is 38.3 Å². The van der Waals surface area contributed by atoms with Crippen LogP contribution in [0.3, 0.4) is 0 Å². The highest BCUT2D eigenvalue weighted by molar-refractivity contribution is 7.99. The van der Waals surface area contributed by atoms with Crippen LogP contribution in [0.15, 0.2) is 29.4 Å². The van der Waals surface area contributed by atoms with Crippen LogP contribution in [0.2, 0.25) is 0 Å². The van der Waals surface area contributed by atoms with Crippen LogP contribution in [0, 0.1) is 5.92 Å². The fraction of sp³-hybridized carbons (Fsp3) is 0.500. The highest BCUT2D eigenvalue weighted by Gasteiger charge is 2.15. The Kier molecular flexibility index (Phi) is 6.15. The molecule has 0 fully saturated rings. The smallest absolute Gasteiger partial charge is 0.308 e. The number of hydrogen-bond acceptors (Lipinski definition) is 6. The lowest BCUT2D eigenvalue weighted by Gasteiger charge is -2.09. The molecular weight excluding hydrogens is 312 g/mol. The predicted octanol–water partition coefficient (Wildman–Crippen LogP) is 3.08. The van der Waals surface area contributed by atoms with E-state index in [2.05, 4.69) is 41.5 Å². The van der Waals surface area contributed by atoms with E-state index in [0.29, 0.717) is 5.92 Å². The summed E-state index contributed by atoms with van der Waals surface area (Å²) in [5, 5.41) is 12.6. The van der Waals surface area contributed by atoms with Crippen LogP contribution in [0.1, 0.15) is 38.7 Å². The maximum absolute atomic E-state index is 11.4. The molecule has 124 valence electrons. The van der Waals surface area contributed by atoms with Crippen molar-refractivity contribution in [3.05, 3.63) is 29.8 Å². The number of benzene rings is 1. The molecule has 1 aromatic carbocycles. The topological polar surface area (TPSA) is 69.9 Å². The molecule has 0 bridgehead atoms. The summed E-state index contributed by atoms with van der Waals surface area (Å²) in [6, 6.07) is 8.23. The fourth-order valence-electron chi connectivity index (χ4n) is 2.08. The molecule has 0 saturated heterocycles. The number of nitrogens with zero attached hydrogens (tertiary/aromatic N) is 4. The number of aromatic nitrogens is 4. The number of carbonyl (C=O) groups excluding carboxylic acids is 1. The van der Waals surface area contributed by atoms with Gasteiger partial charge >= 0.3 is 5.97 Å². The Hall–Kier alpha value is -1.89. The zero-order valence-corrected chi connectivity index (χ0v) is 14.7. The van der Waals surface area contributed by atoms with E-state index in [1.807, 2.05) is 19.1 Å². The normalized spacial score (nSPS) is 12.4. The second kappa shape index (κ2) is 8.10. The summed E-state index contributed by atoms with van der Waals surface area (Å²) < 4.78 is 6.45. The van der Waals surface area contributed by atoms with Crippen molar-refractivity contribution < 1.29 is 9.53 Å². The number of methoxy groups -OCH3 is 1. The van der Waals surface area contributed by atoms with E-state index in [1.165, 1.54) is 24.4 Å². The summed E-state index contributed by atoms with van der Waals surface area (Å²) in [6.45, 7) is 6.19. The first-order chi connectivity index (χ1) is 11.0. The van der Waals surface area contributed by atoms with Gasteiger partial charge in [0.2, 0.25) is 5.16 Å². The van der Waals surface area contributed by atoms with Crippen LogP contribution >= 0.6 is 11.8 Å². The maximum atomic E-state index is 11.4. The van der Waals surface area contributed by atoms with Gasteiger partial charge in [-0.25, -0.2) is 0 Å². The molecule has 1 aromatic heterocycles. The van der Waals surface area contributed by atoms with E-state index in [9.17, 15) is 4.79 Å². The second-order valence-corrected chi connectivity index (χ2v) is 6.74. The molecule has 0 N–H and O–H groups in total. The zero-order chi connectivity index (χ0) is 16.8. The Balaban J connectivity index is 2.00. The van der Waals surface area contributed by atoms with E-state index < -0.39 is 0 Å². The van der Waals surface area contributed by atoms with Crippen molar-refractivity contribution in [3.63, 3.8) is 0 Å². The van der Waals surface area contributed by atoms with Gasteiger partial charge in [0.05, 0.1) is 18.7 Å². The quantitative estimate of drug-likeness (QED) is 0.572. The van der Waals surface area contributed by atoms with Gasteiger partial charge in [0.25, 0.3) is 0 Å². The van der Waals surface area contributed by atoms with Crippen molar-refractivity contribution in [1.82, 2.24) is 20.2 Å². The first kappa shape index (κ1) is 17.5. The van der Waals surface area contributed by atoms with E-state index >= 15 is 0 Å². The van der Waals surface area contributed by atoms with Gasteiger partial charge in [0.1, 0.15) is 0 Å². The van der Waals surface area contributed by atoms with E-state index in [1.54, 1.807) is 4.68 Å². The van der Waals surface area contributed by atoms with Gasteiger partial charge in [-0.1, -0.05) is 44.7 Å². The standard InChI is InChI=1S/C16H22N4O2S/c1-11(2)13-5-7-14(8-6-13)20-16(17-18-19-20)23-10-9-12(3)15(21)22-4/h5-8,11-12H,9-10H2,1-4H3. The number of hydrogen-bond donors (Lipinski definition) is 0. The third kappa shape index (κ3) is 4.54. The summed E-state index contributed by atoms with van der Waals surface area (Å²) in [5.74, 6) is 0.934. The predicted molar refractivity (Wildman–Crippen MR) is 89.8 cm³/mol. The zero-order valence-electron chi connectivity index (χ0n) is 13.9. The van der Waals surface area contributed by atoms with Crippen LogP contribution in [0.25, 0.3) is 5.69 Å². The van der Waals surface area contributed by atoms with Crippen molar-refractivity contribution in [3.8, 4) is 5.69 Å². The van der Waals surface area contributed by atoms with Crippen molar-refractivity contribution >= 4 is 17.7 Å². The van der Waals surface area contributed by atoms with Gasteiger partial charge in [-0.15, -0.1) is 5.10 Å². The van der Waals surface area contributed by atoms with E-state index in [-0.39, 0.29) is 11.9 Å². The lowest BCUT2D eigenvalue weighted by molar-refractivity contribution is -0.144. The highest BCUT2D eigenvalue weighted by Crippen LogP contribution is 2.22. The number of carbonyl (C=O) groups is 1. The molecule has 2 aromatic rings. The molecule has 0 aliphatic heterocycles. The Bertz CT molecular complexity index is 640. The van der Waals surface area contributed by atoms with Crippen LogP contribution < -0.4 is 0 Å². The maximum Gasteiger partial charge on any atom is 0.308 e. The Labute approximate surface area is 140 Å². The monoisotopic (exact) mass is 334 g/mol. The van der Waals surface area contributed by atoms with Crippen molar-refractivity contribution in [1.29, 1.82) is 0 Å². The molecule has 0 aliphatic carbocycles. The summed E-state index contributed by atoms with van der Waals surface area (Å²) in [5.41, 5.74) is 2.21. The number of ether oxygens (including phenoxy) is 1. The molecule has 1 unspecified atom stereocenters. The summed E-state index contributed by atoms with van der Waals surface area (Å²) >= 11 is 1.53. The molecular formula is C16H22N4O2S. The molecule has 23 heavy (non-hydrogen) atoms. The van der Waals surface area contributed by atoms with Crippen LogP contribution in [-0.2, 0) is 9.53 Å². The minimum atomic E-state index is -0.186. The fourth-order valence-corrected chi connectivity index (χ4v) is 3.09. The first-order valence-corrected chi connectivity index (χ1v) is 8.60. The Morgan fingerprint density at radius 3 is 2.57 bits per heavy atom. The minimum absolute atomic E-state index is 0.123. The molecule has 7 heteroatoms. The first-order valence-electron chi connectivity index (χ1n) is 7.62. The van der Waals surface area contributed by atoms with Crippen molar-refractivity contribution in [2.24, 2.45) is 5.92 Å². The van der Waals surface area contributed by atoms with Gasteiger partial charge < -0.3 is 4.74 Å². The molecule has 0 spiro atoms. The van der Waals surface area contributed by atoms with E-state index in [0.717, 1.165) is 23.0 Å². The second-order valence-electron chi connectivity index (χ2n) is 5.68.